The van der Waals surface area contributed by atoms with Gasteiger partial charge in [-0.1, -0.05) is 44.9 Å². The number of hydrogen-bond donors (Lipinski definition) is 2. The molecule has 2 saturated carbocycles. The second kappa shape index (κ2) is 10.4. The number of carbonyl (C=O) groups is 1. The van der Waals surface area contributed by atoms with Crippen LogP contribution >= 0.6 is 0 Å². The van der Waals surface area contributed by atoms with Crippen LogP contribution in [0.25, 0.3) is 0 Å². The van der Waals surface area contributed by atoms with Gasteiger partial charge in [-0.3, -0.25) is 4.79 Å². The third-order valence-corrected chi connectivity index (χ3v) is 7.48. The predicted molar refractivity (Wildman–Crippen MR) is 114 cm³/mol. The Balaban J connectivity index is 1.53. The van der Waals surface area contributed by atoms with Gasteiger partial charge in [0.1, 0.15) is 5.75 Å². The molecule has 0 heterocycles. The highest BCUT2D eigenvalue weighted by molar-refractivity contribution is 7.89. The minimum Gasteiger partial charge on any atom is -0.484 e. The van der Waals surface area contributed by atoms with Crippen LogP contribution in [0.2, 0.25) is 0 Å². The van der Waals surface area contributed by atoms with Crippen molar-refractivity contribution in [2.24, 2.45) is 0 Å². The van der Waals surface area contributed by atoms with Crippen molar-refractivity contribution < 1.29 is 17.9 Å². The van der Waals surface area contributed by atoms with Gasteiger partial charge >= 0.3 is 0 Å². The van der Waals surface area contributed by atoms with E-state index in [1.54, 1.807) is 25.1 Å². The summed E-state index contributed by atoms with van der Waals surface area (Å²) < 4.78 is 33.8. The number of carbonyl (C=O) groups excluding carboxylic acids is 1. The molecule has 0 atom stereocenters. The number of benzene rings is 1. The summed E-state index contributed by atoms with van der Waals surface area (Å²) in [5.74, 6) is 0.421. The molecule has 29 heavy (non-hydrogen) atoms. The number of hydrogen-bond acceptors (Lipinski definition) is 4. The van der Waals surface area contributed by atoms with Crippen molar-refractivity contribution in [1.82, 2.24) is 10.0 Å². The summed E-state index contributed by atoms with van der Waals surface area (Å²) >= 11 is 0. The van der Waals surface area contributed by atoms with Crippen molar-refractivity contribution in [3.63, 3.8) is 0 Å². The van der Waals surface area contributed by atoms with Gasteiger partial charge < -0.3 is 10.1 Å². The van der Waals surface area contributed by atoms with Gasteiger partial charge in [-0.2, -0.15) is 0 Å². The van der Waals surface area contributed by atoms with Crippen molar-refractivity contribution in [1.29, 1.82) is 0 Å². The van der Waals surface area contributed by atoms with Crippen LogP contribution in [0.5, 0.6) is 5.75 Å². The van der Waals surface area contributed by atoms with Crippen LogP contribution in [0.4, 0.5) is 0 Å². The van der Waals surface area contributed by atoms with E-state index in [2.05, 4.69) is 10.0 Å². The van der Waals surface area contributed by atoms with Crippen LogP contribution in [0.15, 0.2) is 23.1 Å². The molecule has 1 amide bonds. The van der Waals surface area contributed by atoms with E-state index < -0.39 is 10.0 Å². The second-order valence-corrected chi connectivity index (χ2v) is 10.1. The maximum Gasteiger partial charge on any atom is 0.258 e. The van der Waals surface area contributed by atoms with Crippen molar-refractivity contribution in [3.05, 3.63) is 23.8 Å². The fourth-order valence-corrected chi connectivity index (χ4v) is 5.68. The molecule has 2 aliphatic carbocycles. The fraction of sp³-hybridized carbons (Fsp3) is 0.682. The van der Waals surface area contributed by atoms with Crippen LogP contribution in [0.1, 0.15) is 76.2 Å². The Kier molecular flexibility index (Phi) is 7.95. The second-order valence-electron chi connectivity index (χ2n) is 8.43. The van der Waals surface area contributed by atoms with Gasteiger partial charge in [0.15, 0.2) is 6.61 Å². The van der Waals surface area contributed by atoms with Crippen LogP contribution in [-0.4, -0.2) is 33.0 Å². The van der Waals surface area contributed by atoms with E-state index in [9.17, 15) is 13.2 Å². The summed E-state index contributed by atoms with van der Waals surface area (Å²) in [6.07, 6.45) is 12.0. The van der Waals surface area contributed by atoms with Gasteiger partial charge in [0.05, 0.1) is 4.90 Å². The summed E-state index contributed by atoms with van der Waals surface area (Å²) in [6.45, 7) is 1.75. The van der Waals surface area contributed by atoms with E-state index in [4.69, 9.17) is 4.74 Å². The van der Waals surface area contributed by atoms with Gasteiger partial charge in [-0.15, -0.1) is 0 Å². The largest absolute Gasteiger partial charge is 0.484 e. The summed E-state index contributed by atoms with van der Waals surface area (Å²) in [5.41, 5.74) is 0.707. The van der Waals surface area contributed by atoms with Crippen molar-refractivity contribution >= 4 is 15.9 Å². The molecule has 2 fully saturated rings. The molecule has 0 spiro atoms. The van der Waals surface area contributed by atoms with Crippen LogP contribution in [-0.2, 0) is 14.8 Å². The number of aryl methyl sites for hydroxylation is 1. The summed E-state index contributed by atoms with van der Waals surface area (Å²) in [4.78, 5) is 12.5. The third-order valence-electron chi connectivity index (χ3n) is 5.96. The van der Waals surface area contributed by atoms with Gasteiger partial charge in [0.2, 0.25) is 10.0 Å². The van der Waals surface area contributed by atoms with E-state index >= 15 is 0 Å². The monoisotopic (exact) mass is 422 g/mol. The zero-order valence-electron chi connectivity index (χ0n) is 17.4. The highest BCUT2D eigenvalue weighted by atomic mass is 32.2. The molecule has 2 N–H and O–H groups in total. The molecule has 0 radical (unpaired) electrons. The molecule has 6 nitrogen and oxygen atoms in total. The summed E-state index contributed by atoms with van der Waals surface area (Å²) in [7, 11) is -3.54. The highest BCUT2D eigenvalue weighted by Gasteiger charge is 2.22. The average molecular weight is 423 g/mol. The Hall–Kier alpha value is -1.60. The smallest absolute Gasteiger partial charge is 0.258 e. The molecule has 1 aromatic carbocycles. The topological polar surface area (TPSA) is 84.5 Å². The molecule has 2 aliphatic rings. The van der Waals surface area contributed by atoms with E-state index in [0.717, 1.165) is 51.4 Å². The van der Waals surface area contributed by atoms with E-state index in [1.165, 1.54) is 19.3 Å². The summed E-state index contributed by atoms with van der Waals surface area (Å²) in [6, 6.07) is 5.08. The van der Waals surface area contributed by atoms with Gasteiger partial charge in [0, 0.05) is 12.1 Å². The molecule has 7 heteroatoms. The minimum atomic E-state index is -3.54. The lowest BCUT2D eigenvalue weighted by Gasteiger charge is -2.22. The van der Waals surface area contributed by atoms with Crippen LogP contribution in [0.3, 0.4) is 0 Å². The number of ether oxygens (including phenoxy) is 1. The SMILES string of the molecule is Cc1cc(S(=O)(=O)NC2CCCCC2)ccc1OCC(=O)NC1CCCCCC1. The first kappa shape index (κ1) is 22.1. The standard InChI is InChI=1S/C22H34N2O4S/c1-17-15-20(29(26,27)24-19-11-7-4-8-12-19)13-14-21(17)28-16-22(25)23-18-9-5-2-3-6-10-18/h13-15,18-19,24H,2-12,16H2,1H3,(H,23,25). The van der Waals surface area contributed by atoms with Crippen molar-refractivity contribution in [3.8, 4) is 5.75 Å². The Labute approximate surface area is 174 Å². The lowest BCUT2D eigenvalue weighted by atomic mass is 9.96. The summed E-state index contributed by atoms with van der Waals surface area (Å²) in [5, 5.41) is 3.06. The molecule has 1 aromatic rings. The maximum atomic E-state index is 12.7. The van der Waals surface area contributed by atoms with E-state index in [1.807, 2.05) is 0 Å². The molecule has 162 valence electrons. The Morgan fingerprint density at radius 1 is 0.966 bits per heavy atom. The van der Waals surface area contributed by atoms with E-state index in [-0.39, 0.29) is 29.5 Å². The number of amides is 1. The molecule has 0 aromatic heterocycles. The van der Waals surface area contributed by atoms with Crippen LogP contribution in [0, 0.1) is 6.92 Å². The molecule has 3 rings (SSSR count). The molecular weight excluding hydrogens is 388 g/mol. The van der Waals surface area contributed by atoms with Gasteiger partial charge in [0.25, 0.3) is 5.91 Å². The first-order valence-corrected chi connectivity index (χ1v) is 12.5. The van der Waals surface area contributed by atoms with Gasteiger partial charge in [-0.05, 0) is 56.4 Å². The first-order chi connectivity index (χ1) is 13.9. The van der Waals surface area contributed by atoms with Crippen molar-refractivity contribution in [2.75, 3.05) is 6.61 Å². The maximum absolute atomic E-state index is 12.7. The normalized spacial score (nSPS) is 19.5. The first-order valence-electron chi connectivity index (χ1n) is 11.0. The average Bonchev–Trinajstić information content (AvgIpc) is 2.96. The zero-order valence-corrected chi connectivity index (χ0v) is 18.2. The number of nitrogens with one attached hydrogen (secondary N) is 2. The minimum absolute atomic E-state index is 0.0256. The molecule has 0 aliphatic heterocycles. The molecule has 0 unspecified atom stereocenters. The molecular formula is C22H34N2O4S. The number of sulfonamides is 1. The van der Waals surface area contributed by atoms with Crippen molar-refractivity contribution in [2.45, 2.75) is 94.5 Å². The highest BCUT2D eigenvalue weighted by Crippen LogP contribution is 2.24. The quantitative estimate of drug-likeness (QED) is 0.654. The number of rotatable bonds is 7. The Bertz CT molecular complexity index is 780. The lowest BCUT2D eigenvalue weighted by molar-refractivity contribution is -0.123. The van der Waals surface area contributed by atoms with E-state index in [0.29, 0.717) is 11.3 Å². The van der Waals surface area contributed by atoms with Gasteiger partial charge in [-0.25, -0.2) is 13.1 Å². The predicted octanol–water partition coefficient (Wildman–Crippen LogP) is 3.82. The fourth-order valence-electron chi connectivity index (χ4n) is 4.30. The molecule has 0 bridgehead atoms. The Morgan fingerprint density at radius 3 is 2.17 bits per heavy atom. The Morgan fingerprint density at radius 2 is 1.55 bits per heavy atom. The van der Waals surface area contributed by atoms with Crippen LogP contribution < -0.4 is 14.8 Å². The lowest BCUT2D eigenvalue weighted by Crippen LogP contribution is -2.37. The molecule has 0 saturated heterocycles. The third kappa shape index (κ3) is 6.71. The zero-order chi connectivity index (χ0) is 20.7.